The summed E-state index contributed by atoms with van der Waals surface area (Å²) in [6.07, 6.45) is 1.35. The van der Waals surface area contributed by atoms with E-state index in [2.05, 4.69) is 20.2 Å². The van der Waals surface area contributed by atoms with E-state index in [9.17, 15) is 0 Å². The Morgan fingerprint density at radius 3 is 3.00 bits per heavy atom. The first-order valence-electron chi connectivity index (χ1n) is 1.14. The molecule has 0 aromatic carbocycles. The highest BCUT2D eigenvalue weighted by molar-refractivity contribution is 4.00. The van der Waals surface area contributed by atoms with Gasteiger partial charge in [0, 0.05) is 0 Å². The Balaban J connectivity index is 3.13. The maximum atomic E-state index is 4.03. The normalized spacial score (nSPS) is 8.00. The van der Waals surface area contributed by atoms with Gasteiger partial charge in [-0.2, -0.15) is 0 Å². The highest BCUT2D eigenvalue weighted by Gasteiger charge is 1.75. The van der Waals surface area contributed by atoms with Crippen molar-refractivity contribution in [2.45, 2.75) is 0 Å². The second kappa shape index (κ2) is 0.794. The van der Waals surface area contributed by atoms with Crippen LogP contribution >= 0.6 is 0 Å². The Morgan fingerprint density at radius 2 is 2.80 bits per heavy atom. The van der Waals surface area contributed by atoms with E-state index in [1.807, 2.05) is 0 Å². The lowest BCUT2D eigenvalue weighted by Gasteiger charge is -1.30. The minimum atomic E-state index is 1.35. The lowest BCUT2D eigenvalue weighted by atomic mass is 11.5. The number of nitrogens with zero attached hydrogens (tertiary/aromatic N) is 2. The van der Waals surface area contributed by atoms with E-state index in [-0.39, 0.29) is 0 Å². The topological polar surface area (TPSA) is 53.1 Å². The highest BCUT2D eigenvalue weighted by atomic mass is 16.6. The molecule has 1 aromatic rings. The molecule has 0 spiro atoms. The Labute approximate surface area is 27.8 Å². The van der Waals surface area contributed by atoms with E-state index < -0.39 is 0 Å². The van der Waals surface area contributed by atoms with Crippen LogP contribution in [0.4, 0.5) is 0 Å². The van der Waals surface area contributed by atoms with Crippen LogP contribution in [0, 0.1) is 0 Å². The molecule has 26 valence electrons. The molecule has 0 aliphatic carbocycles. The van der Waals surface area contributed by atoms with Crippen LogP contribution < -0.4 is 5.10 Å². The summed E-state index contributed by atoms with van der Waals surface area (Å²) in [6.45, 7) is 0. The lowest BCUT2D eigenvalue weighted by Crippen LogP contribution is -1.96. The average molecular weight is 72.0 g/mol. The standard InChI is InChI=1S/CHN3O/c1-2-4-5-3-1/h1H/p+1. The molecule has 0 fully saturated rings. The summed E-state index contributed by atoms with van der Waals surface area (Å²) in [5, 5.41) is 8.62. The zero-order valence-electron chi connectivity index (χ0n) is 2.38. The fraction of sp³-hybridized carbons (Fsp3) is 0. The molecule has 1 N–H and O–H groups in total. The molecule has 0 aliphatic heterocycles. The molecule has 0 saturated heterocycles. The Morgan fingerprint density at radius 1 is 1.80 bits per heavy atom. The maximum absolute atomic E-state index is 4.03. The van der Waals surface area contributed by atoms with E-state index in [1.165, 1.54) is 6.33 Å². The first-order chi connectivity index (χ1) is 2.50. The van der Waals surface area contributed by atoms with Gasteiger partial charge in [0.15, 0.2) is 10.4 Å². The van der Waals surface area contributed by atoms with Crippen molar-refractivity contribution in [3.8, 4) is 0 Å². The summed E-state index contributed by atoms with van der Waals surface area (Å²) >= 11 is 0. The third-order valence-electron chi connectivity index (χ3n) is 0.251. The monoisotopic (exact) mass is 72.0 g/mol. The minimum absolute atomic E-state index is 1.35. The number of rotatable bonds is 0. The molecular weight excluding hydrogens is 70.0 g/mol. The summed E-state index contributed by atoms with van der Waals surface area (Å²) in [6, 6.07) is 0. The van der Waals surface area contributed by atoms with Crippen molar-refractivity contribution in [3.63, 3.8) is 0 Å². The molecule has 1 rings (SSSR count). The van der Waals surface area contributed by atoms with Crippen LogP contribution in [-0.4, -0.2) is 10.4 Å². The van der Waals surface area contributed by atoms with Crippen molar-refractivity contribution < 1.29 is 9.73 Å². The van der Waals surface area contributed by atoms with Gasteiger partial charge in [-0.1, -0.05) is 4.63 Å². The quantitative estimate of drug-likeness (QED) is 0.390. The van der Waals surface area contributed by atoms with Crippen molar-refractivity contribution in [2.24, 2.45) is 0 Å². The van der Waals surface area contributed by atoms with Gasteiger partial charge in [-0.15, -0.1) is 5.10 Å². The summed E-state index contributed by atoms with van der Waals surface area (Å²) < 4.78 is 4.03. The first-order valence-corrected chi connectivity index (χ1v) is 1.14. The molecular formula is CH2N3O+. The Bertz CT molecular complexity index is 63.4. The van der Waals surface area contributed by atoms with Crippen LogP contribution in [0.5, 0.6) is 0 Å². The van der Waals surface area contributed by atoms with Crippen molar-refractivity contribution in [2.75, 3.05) is 0 Å². The van der Waals surface area contributed by atoms with E-state index >= 15 is 0 Å². The van der Waals surface area contributed by atoms with Gasteiger partial charge < -0.3 is 0 Å². The SMILES string of the molecule is c1non[nH+]1. The van der Waals surface area contributed by atoms with Gasteiger partial charge in [-0.05, 0) is 0 Å². The molecule has 0 unspecified atom stereocenters. The molecule has 4 nitrogen and oxygen atoms in total. The fourth-order valence-corrected chi connectivity index (χ4v) is 0.118. The Hall–Kier alpha value is -0.930. The molecule has 1 aromatic heterocycles. The van der Waals surface area contributed by atoms with E-state index in [0.717, 1.165) is 0 Å². The third kappa shape index (κ3) is 0.212. The molecule has 0 radical (unpaired) electrons. The zero-order chi connectivity index (χ0) is 3.54. The molecule has 1 heterocycles. The molecule has 0 saturated carbocycles. The first kappa shape index (κ1) is 2.32. The number of aromatic nitrogens is 3. The summed E-state index contributed by atoms with van der Waals surface area (Å²) in [5.41, 5.74) is 0. The van der Waals surface area contributed by atoms with Crippen LogP contribution in [0.2, 0.25) is 0 Å². The second-order valence-electron chi connectivity index (χ2n) is 0.537. The van der Waals surface area contributed by atoms with Gasteiger partial charge in [-0.25, -0.2) is 0 Å². The van der Waals surface area contributed by atoms with Crippen molar-refractivity contribution >= 4 is 0 Å². The molecule has 0 atom stereocenters. The average Bonchev–Trinajstić information content (AvgIpc) is 1.76. The smallest absolute Gasteiger partial charge is 0.110 e. The minimum Gasteiger partial charge on any atom is -0.110 e. The van der Waals surface area contributed by atoms with Crippen molar-refractivity contribution in [3.05, 3.63) is 6.33 Å². The second-order valence-corrected chi connectivity index (χ2v) is 0.537. The van der Waals surface area contributed by atoms with E-state index in [0.29, 0.717) is 0 Å². The predicted octanol–water partition coefficient (Wildman–Crippen LogP) is -1.12. The van der Waals surface area contributed by atoms with Crippen LogP contribution in [0.15, 0.2) is 11.0 Å². The molecule has 0 aliphatic rings. The van der Waals surface area contributed by atoms with E-state index in [1.54, 1.807) is 0 Å². The van der Waals surface area contributed by atoms with Gasteiger partial charge in [0.1, 0.15) is 0 Å². The lowest BCUT2D eigenvalue weighted by molar-refractivity contribution is -0.471. The van der Waals surface area contributed by atoms with Gasteiger partial charge in [0.05, 0.1) is 0 Å². The number of hydrogen-bond donors (Lipinski definition) is 0. The number of H-pyrrole nitrogens is 1. The van der Waals surface area contributed by atoms with Crippen LogP contribution in [0.3, 0.4) is 0 Å². The molecule has 0 bridgehead atoms. The summed E-state index contributed by atoms with van der Waals surface area (Å²) in [4.78, 5) is 0. The zero-order valence-corrected chi connectivity index (χ0v) is 2.38. The van der Waals surface area contributed by atoms with Crippen LogP contribution in [0.1, 0.15) is 0 Å². The van der Waals surface area contributed by atoms with Crippen LogP contribution in [-0.2, 0) is 0 Å². The molecule has 4 heteroatoms. The van der Waals surface area contributed by atoms with Crippen molar-refractivity contribution in [1.29, 1.82) is 0 Å². The molecule has 5 heavy (non-hydrogen) atoms. The van der Waals surface area contributed by atoms with Gasteiger partial charge in [0.25, 0.3) is 0 Å². The molecule has 0 amide bonds. The largest absolute Gasteiger partial charge is 0.357 e. The number of hydrogen-bond acceptors (Lipinski definition) is 3. The fourth-order valence-electron chi connectivity index (χ4n) is 0.118. The number of nitrogens with one attached hydrogen (secondary N) is 1. The number of aromatic amines is 1. The third-order valence-corrected chi connectivity index (χ3v) is 0.251. The highest BCUT2D eigenvalue weighted by Crippen LogP contribution is 1.44. The van der Waals surface area contributed by atoms with Crippen molar-refractivity contribution in [1.82, 2.24) is 10.4 Å². The van der Waals surface area contributed by atoms with Gasteiger partial charge in [-0.3, -0.25) is 0 Å². The van der Waals surface area contributed by atoms with Crippen LogP contribution in [0.25, 0.3) is 0 Å². The summed E-state index contributed by atoms with van der Waals surface area (Å²) in [5.74, 6) is 0. The van der Waals surface area contributed by atoms with E-state index in [4.69, 9.17) is 0 Å². The Kier molecular flexibility index (Phi) is 0.368. The summed E-state index contributed by atoms with van der Waals surface area (Å²) in [7, 11) is 0. The van der Waals surface area contributed by atoms with Gasteiger partial charge in [0.2, 0.25) is 0 Å². The predicted molar refractivity (Wildman–Crippen MR) is 10.9 cm³/mol. The van der Waals surface area contributed by atoms with Gasteiger partial charge >= 0.3 is 6.33 Å². The maximum Gasteiger partial charge on any atom is 0.357 e.